The van der Waals surface area contributed by atoms with Gasteiger partial charge in [0.1, 0.15) is 0 Å². The molecule has 4 heteroatoms. The summed E-state index contributed by atoms with van der Waals surface area (Å²) in [6.45, 7) is 6.13. The van der Waals surface area contributed by atoms with Crippen molar-refractivity contribution in [3.63, 3.8) is 0 Å². The normalized spacial score (nSPS) is 10.3. The highest BCUT2D eigenvalue weighted by Crippen LogP contribution is 2.14. The number of hydrogen-bond acceptors (Lipinski definition) is 2. The Morgan fingerprint density at radius 2 is 1.76 bits per heavy atom. The first kappa shape index (κ1) is 11.8. The Hall–Kier alpha value is -1.68. The maximum absolute atomic E-state index is 5.29. The van der Waals surface area contributed by atoms with Gasteiger partial charge in [0.2, 0.25) is 0 Å². The van der Waals surface area contributed by atoms with Crippen LogP contribution in [0.4, 0.5) is 5.69 Å². The number of nitrogens with zero attached hydrogens (tertiary/aromatic N) is 2. The second kappa shape index (κ2) is 4.67. The summed E-state index contributed by atoms with van der Waals surface area (Å²) in [5.74, 6) is 0. The van der Waals surface area contributed by atoms with E-state index in [1.54, 1.807) is 10.9 Å². The zero-order valence-corrected chi connectivity index (χ0v) is 11.0. The van der Waals surface area contributed by atoms with Crippen LogP contribution in [0.2, 0.25) is 0 Å². The van der Waals surface area contributed by atoms with Crippen molar-refractivity contribution in [3.05, 3.63) is 47.3 Å². The van der Waals surface area contributed by atoms with E-state index >= 15 is 0 Å². The Labute approximate surface area is 106 Å². The van der Waals surface area contributed by atoms with Crippen LogP contribution in [0.1, 0.15) is 16.7 Å². The molecule has 88 valence electrons. The van der Waals surface area contributed by atoms with Crippen molar-refractivity contribution in [3.8, 4) is 0 Å². The lowest BCUT2D eigenvalue weighted by Crippen LogP contribution is -2.19. The number of rotatable bonds is 1. The fourth-order valence-corrected chi connectivity index (χ4v) is 1.97. The molecule has 3 nitrogen and oxygen atoms in total. The molecule has 0 amide bonds. The van der Waals surface area contributed by atoms with Crippen molar-refractivity contribution in [2.24, 2.45) is 0 Å². The van der Waals surface area contributed by atoms with E-state index in [1.165, 1.54) is 11.1 Å². The standard InChI is InChI=1S/C13H15N3S/c1-9-4-10(2)6-12(5-9)15-13(17)16-8-11(3)7-14-16/h4-8H,1-3H3,(H,15,17). The molecule has 0 aliphatic carbocycles. The van der Waals surface area contributed by atoms with Gasteiger partial charge in [-0.3, -0.25) is 0 Å². The van der Waals surface area contributed by atoms with Gasteiger partial charge in [0.05, 0.1) is 6.20 Å². The number of benzene rings is 1. The summed E-state index contributed by atoms with van der Waals surface area (Å²) in [6.07, 6.45) is 3.69. The van der Waals surface area contributed by atoms with Gasteiger partial charge in [-0.25, -0.2) is 4.68 Å². The predicted octanol–water partition coefficient (Wildman–Crippen LogP) is 3.05. The van der Waals surface area contributed by atoms with Crippen LogP contribution in [0, 0.1) is 20.8 Å². The molecular weight excluding hydrogens is 230 g/mol. The molecule has 1 N–H and O–H groups in total. The molecule has 0 fully saturated rings. The van der Waals surface area contributed by atoms with Crippen LogP contribution in [0.15, 0.2) is 30.6 Å². The Morgan fingerprint density at radius 1 is 1.12 bits per heavy atom. The molecule has 17 heavy (non-hydrogen) atoms. The molecule has 0 saturated heterocycles. The van der Waals surface area contributed by atoms with Crippen molar-refractivity contribution >= 4 is 23.0 Å². The SMILES string of the molecule is Cc1cc(C)cc(NC(=S)n2cc(C)cn2)c1. The maximum atomic E-state index is 5.29. The highest BCUT2D eigenvalue weighted by molar-refractivity contribution is 7.80. The number of thiocarbonyl (C=S) groups is 1. The molecule has 1 aromatic heterocycles. The molecule has 0 spiro atoms. The third-order valence-electron chi connectivity index (χ3n) is 2.39. The number of aromatic nitrogens is 2. The molecule has 0 unspecified atom stereocenters. The van der Waals surface area contributed by atoms with E-state index in [0.717, 1.165) is 11.3 Å². The molecule has 2 aromatic rings. The molecule has 0 saturated carbocycles. The van der Waals surface area contributed by atoms with Crippen molar-refractivity contribution in [2.45, 2.75) is 20.8 Å². The quantitative estimate of drug-likeness (QED) is 0.783. The van der Waals surface area contributed by atoms with Crippen molar-refractivity contribution in [1.82, 2.24) is 9.78 Å². The number of hydrogen-bond donors (Lipinski definition) is 1. The lowest BCUT2D eigenvalue weighted by molar-refractivity contribution is 0.947. The fourth-order valence-electron chi connectivity index (χ4n) is 1.75. The molecule has 1 heterocycles. The summed E-state index contributed by atoms with van der Waals surface area (Å²) in [4.78, 5) is 0. The second-order valence-corrected chi connectivity index (χ2v) is 4.66. The van der Waals surface area contributed by atoms with E-state index < -0.39 is 0 Å². The summed E-state index contributed by atoms with van der Waals surface area (Å²) in [5, 5.41) is 7.94. The molecule has 0 aliphatic rings. The lowest BCUT2D eigenvalue weighted by atomic mass is 10.1. The second-order valence-electron chi connectivity index (χ2n) is 4.27. The van der Waals surface area contributed by atoms with Gasteiger partial charge >= 0.3 is 0 Å². The van der Waals surface area contributed by atoms with E-state index in [0.29, 0.717) is 5.11 Å². The minimum atomic E-state index is 0.586. The van der Waals surface area contributed by atoms with Gasteiger partial charge in [-0.05, 0) is 61.8 Å². The number of anilines is 1. The number of aryl methyl sites for hydroxylation is 3. The largest absolute Gasteiger partial charge is 0.331 e. The van der Waals surface area contributed by atoms with E-state index in [4.69, 9.17) is 12.2 Å². The summed E-state index contributed by atoms with van der Waals surface area (Å²) < 4.78 is 1.67. The van der Waals surface area contributed by atoms with E-state index in [1.807, 2.05) is 13.1 Å². The summed E-state index contributed by atoms with van der Waals surface area (Å²) in [7, 11) is 0. The Bertz CT molecular complexity index is 537. The van der Waals surface area contributed by atoms with Gasteiger partial charge in [-0.15, -0.1) is 0 Å². The van der Waals surface area contributed by atoms with Crippen LogP contribution in [0.25, 0.3) is 0 Å². The topological polar surface area (TPSA) is 29.9 Å². The molecule has 0 atom stereocenters. The van der Waals surface area contributed by atoms with Gasteiger partial charge in [0.15, 0.2) is 5.11 Å². The van der Waals surface area contributed by atoms with Crippen molar-refractivity contribution in [1.29, 1.82) is 0 Å². The van der Waals surface area contributed by atoms with Gasteiger partial charge in [0, 0.05) is 11.9 Å². The highest BCUT2D eigenvalue weighted by atomic mass is 32.1. The first-order valence-electron chi connectivity index (χ1n) is 5.45. The van der Waals surface area contributed by atoms with Crippen LogP contribution < -0.4 is 5.32 Å². The first-order chi connectivity index (χ1) is 8.04. The zero-order valence-electron chi connectivity index (χ0n) is 10.2. The van der Waals surface area contributed by atoms with E-state index in [2.05, 4.69) is 42.5 Å². The summed E-state index contributed by atoms with van der Waals surface area (Å²) >= 11 is 5.29. The summed E-state index contributed by atoms with van der Waals surface area (Å²) in [6, 6.07) is 6.26. The maximum Gasteiger partial charge on any atom is 0.198 e. The minimum Gasteiger partial charge on any atom is -0.331 e. The zero-order chi connectivity index (χ0) is 12.4. The van der Waals surface area contributed by atoms with Gasteiger partial charge in [0.25, 0.3) is 0 Å². The molecule has 1 aromatic carbocycles. The average Bonchev–Trinajstić information content (AvgIpc) is 2.63. The lowest BCUT2D eigenvalue weighted by Gasteiger charge is -2.09. The third-order valence-corrected chi connectivity index (χ3v) is 2.68. The first-order valence-corrected chi connectivity index (χ1v) is 5.86. The monoisotopic (exact) mass is 245 g/mol. The van der Waals surface area contributed by atoms with Crippen molar-refractivity contribution < 1.29 is 0 Å². The van der Waals surface area contributed by atoms with Gasteiger partial charge in [-0.2, -0.15) is 5.10 Å². The Morgan fingerprint density at radius 3 is 2.29 bits per heavy atom. The van der Waals surface area contributed by atoms with E-state index in [-0.39, 0.29) is 0 Å². The fraction of sp³-hybridized carbons (Fsp3) is 0.231. The van der Waals surface area contributed by atoms with Crippen LogP contribution >= 0.6 is 12.2 Å². The van der Waals surface area contributed by atoms with Crippen LogP contribution in [0.5, 0.6) is 0 Å². The van der Waals surface area contributed by atoms with Crippen LogP contribution in [0.3, 0.4) is 0 Å². The van der Waals surface area contributed by atoms with Crippen LogP contribution in [-0.2, 0) is 0 Å². The van der Waals surface area contributed by atoms with Crippen LogP contribution in [-0.4, -0.2) is 14.9 Å². The Balaban J connectivity index is 2.18. The number of nitrogens with one attached hydrogen (secondary N) is 1. The molecule has 2 rings (SSSR count). The predicted molar refractivity (Wildman–Crippen MR) is 74.5 cm³/mol. The van der Waals surface area contributed by atoms with E-state index in [9.17, 15) is 0 Å². The third kappa shape index (κ3) is 2.91. The minimum absolute atomic E-state index is 0.586. The highest BCUT2D eigenvalue weighted by Gasteiger charge is 2.02. The Kier molecular flexibility index (Phi) is 3.24. The van der Waals surface area contributed by atoms with Gasteiger partial charge < -0.3 is 5.32 Å². The molecule has 0 aliphatic heterocycles. The average molecular weight is 245 g/mol. The van der Waals surface area contributed by atoms with Crippen molar-refractivity contribution in [2.75, 3.05) is 5.32 Å². The molecule has 0 radical (unpaired) electrons. The smallest absolute Gasteiger partial charge is 0.198 e. The molecule has 0 bridgehead atoms. The van der Waals surface area contributed by atoms with Gasteiger partial charge in [-0.1, -0.05) is 6.07 Å². The molecular formula is C13H15N3S. The summed E-state index contributed by atoms with van der Waals surface area (Å²) in [5.41, 5.74) is 4.52.